The predicted octanol–water partition coefficient (Wildman–Crippen LogP) is 2.35. The summed E-state index contributed by atoms with van der Waals surface area (Å²) in [5.41, 5.74) is 6.56. The van der Waals surface area contributed by atoms with Gasteiger partial charge in [-0.3, -0.25) is 0 Å². The van der Waals surface area contributed by atoms with Crippen LogP contribution in [-0.2, 0) is 13.1 Å². The number of nitrogens with two attached hydrogens (primary N) is 1. The molecule has 2 rings (SSSR count). The Kier molecular flexibility index (Phi) is 3.93. The molecule has 3 N–H and O–H groups in total. The van der Waals surface area contributed by atoms with E-state index in [1.54, 1.807) is 11.3 Å². The van der Waals surface area contributed by atoms with Crippen molar-refractivity contribution in [1.29, 1.82) is 0 Å². The highest BCUT2D eigenvalue weighted by atomic mass is 32.1. The highest BCUT2D eigenvalue weighted by Crippen LogP contribution is 2.18. The maximum Gasteiger partial charge on any atom is 0.118 e. The molecule has 0 spiro atoms. The van der Waals surface area contributed by atoms with Crippen LogP contribution in [0.5, 0.6) is 0 Å². The molecule has 92 valence electrons. The monoisotopic (exact) mass is 251 g/mol. The highest BCUT2D eigenvalue weighted by molar-refractivity contribution is 7.09. The number of hydrogen-bond donors (Lipinski definition) is 2. The molecule has 1 atom stereocenters. The molecule has 1 unspecified atom stereocenters. The Balaban J connectivity index is 1.89. The molecule has 4 nitrogen and oxygen atoms in total. The number of aromatic nitrogens is 1. The summed E-state index contributed by atoms with van der Waals surface area (Å²) in [6.07, 6.45) is 0. The standard InChI is InChI=1S/C12H17N3OS/c1-8-7-17-12(15-8)9(2)14-6-11-4-3-10(5-13)16-11/h3-4,7,9,14H,5-6,13H2,1-2H3. The molecule has 5 heteroatoms. The van der Waals surface area contributed by atoms with E-state index in [2.05, 4.69) is 22.6 Å². The van der Waals surface area contributed by atoms with Crippen molar-refractivity contribution in [2.75, 3.05) is 0 Å². The topological polar surface area (TPSA) is 64.1 Å². The molecule has 0 amide bonds. The fourth-order valence-corrected chi connectivity index (χ4v) is 2.37. The summed E-state index contributed by atoms with van der Waals surface area (Å²) in [4.78, 5) is 4.45. The minimum Gasteiger partial charge on any atom is -0.463 e. The van der Waals surface area contributed by atoms with E-state index in [4.69, 9.17) is 10.2 Å². The number of aryl methyl sites for hydroxylation is 1. The van der Waals surface area contributed by atoms with Gasteiger partial charge >= 0.3 is 0 Å². The molecule has 2 aromatic rings. The maximum atomic E-state index is 5.52. The second kappa shape index (κ2) is 5.44. The van der Waals surface area contributed by atoms with Gasteiger partial charge in [0.2, 0.25) is 0 Å². The molecular formula is C12H17N3OS. The third-order valence-electron chi connectivity index (χ3n) is 2.51. The van der Waals surface area contributed by atoms with Crippen LogP contribution in [0.4, 0.5) is 0 Å². The van der Waals surface area contributed by atoms with E-state index in [-0.39, 0.29) is 6.04 Å². The van der Waals surface area contributed by atoms with Crippen LogP contribution >= 0.6 is 11.3 Å². The van der Waals surface area contributed by atoms with E-state index in [0.29, 0.717) is 13.1 Å². The summed E-state index contributed by atoms with van der Waals surface area (Å²) in [5, 5.41) is 6.55. The highest BCUT2D eigenvalue weighted by Gasteiger charge is 2.09. The van der Waals surface area contributed by atoms with Crippen molar-refractivity contribution >= 4 is 11.3 Å². The van der Waals surface area contributed by atoms with Crippen LogP contribution < -0.4 is 11.1 Å². The zero-order valence-corrected chi connectivity index (χ0v) is 10.9. The minimum absolute atomic E-state index is 0.236. The first-order valence-electron chi connectivity index (χ1n) is 5.62. The van der Waals surface area contributed by atoms with Crippen LogP contribution in [0.2, 0.25) is 0 Å². The lowest BCUT2D eigenvalue weighted by atomic mass is 10.3. The SMILES string of the molecule is Cc1csc(C(C)NCc2ccc(CN)o2)n1. The lowest BCUT2D eigenvalue weighted by Gasteiger charge is -2.09. The van der Waals surface area contributed by atoms with E-state index in [0.717, 1.165) is 22.2 Å². The number of nitrogens with zero attached hydrogens (tertiary/aromatic N) is 1. The van der Waals surface area contributed by atoms with Crippen LogP contribution in [0.25, 0.3) is 0 Å². The molecule has 0 aliphatic carbocycles. The quantitative estimate of drug-likeness (QED) is 0.856. The fraction of sp³-hybridized carbons (Fsp3) is 0.417. The maximum absolute atomic E-state index is 5.52. The summed E-state index contributed by atoms with van der Waals surface area (Å²) in [5.74, 6) is 1.73. The molecule has 17 heavy (non-hydrogen) atoms. The summed E-state index contributed by atoms with van der Waals surface area (Å²) in [6.45, 7) is 5.25. The van der Waals surface area contributed by atoms with Gasteiger partial charge in [0, 0.05) is 11.1 Å². The van der Waals surface area contributed by atoms with Gasteiger partial charge in [0.05, 0.1) is 19.1 Å². The molecule has 0 radical (unpaired) electrons. The van der Waals surface area contributed by atoms with Crippen molar-refractivity contribution in [3.8, 4) is 0 Å². The third-order valence-corrected chi connectivity index (χ3v) is 3.65. The summed E-state index contributed by atoms with van der Waals surface area (Å²) < 4.78 is 5.52. The molecule has 0 saturated heterocycles. The molecule has 2 heterocycles. The second-order valence-electron chi connectivity index (χ2n) is 4.00. The Morgan fingerprint density at radius 3 is 2.82 bits per heavy atom. The first-order valence-corrected chi connectivity index (χ1v) is 6.50. The van der Waals surface area contributed by atoms with E-state index >= 15 is 0 Å². The molecule has 0 aliphatic heterocycles. The van der Waals surface area contributed by atoms with Crippen molar-refractivity contribution in [1.82, 2.24) is 10.3 Å². The lowest BCUT2D eigenvalue weighted by molar-refractivity contribution is 0.433. The molecule has 0 aliphatic rings. The average molecular weight is 251 g/mol. The molecule has 0 saturated carbocycles. The van der Waals surface area contributed by atoms with Gasteiger partial charge in [0.15, 0.2) is 0 Å². The van der Waals surface area contributed by atoms with Gasteiger partial charge in [-0.25, -0.2) is 4.98 Å². The van der Waals surface area contributed by atoms with Crippen molar-refractivity contribution in [2.45, 2.75) is 33.0 Å². The van der Waals surface area contributed by atoms with Crippen LogP contribution in [0.15, 0.2) is 21.9 Å². The fourth-order valence-electron chi connectivity index (χ4n) is 1.54. The van der Waals surface area contributed by atoms with Gasteiger partial charge in [-0.15, -0.1) is 11.3 Å². The second-order valence-corrected chi connectivity index (χ2v) is 4.89. The van der Waals surface area contributed by atoms with Crippen LogP contribution in [-0.4, -0.2) is 4.98 Å². The largest absolute Gasteiger partial charge is 0.463 e. The van der Waals surface area contributed by atoms with Crippen molar-refractivity contribution in [2.24, 2.45) is 5.73 Å². The molecular weight excluding hydrogens is 234 g/mol. The number of thiazole rings is 1. The smallest absolute Gasteiger partial charge is 0.118 e. The van der Waals surface area contributed by atoms with Crippen molar-refractivity contribution in [3.05, 3.63) is 39.7 Å². The van der Waals surface area contributed by atoms with E-state index in [9.17, 15) is 0 Å². The molecule has 0 bridgehead atoms. The predicted molar refractivity (Wildman–Crippen MR) is 68.7 cm³/mol. The average Bonchev–Trinajstić information content (AvgIpc) is 2.94. The summed E-state index contributed by atoms with van der Waals surface area (Å²) in [6, 6.07) is 4.10. The van der Waals surface area contributed by atoms with Gasteiger partial charge in [-0.1, -0.05) is 0 Å². The minimum atomic E-state index is 0.236. The van der Waals surface area contributed by atoms with Gasteiger partial charge in [-0.05, 0) is 26.0 Å². The molecule has 0 fully saturated rings. The Bertz CT molecular complexity index is 478. The number of hydrogen-bond acceptors (Lipinski definition) is 5. The Morgan fingerprint density at radius 1 is 1.47 bits per heavy atom. The van der Waals surface area contributed by atoms with Crippen LogP contribution in [0.3, 0.4) is 0 Å². The lowest BCUT2D eigenvalue weighted by Crippen LogP contribution is -2.17. The van der Waals surface area contributed by atoms with Crippen molar-refractivity contribution < 1.29 is 4.42 Å². The number of rotatable bonds is 5. The zero-order valence-electron chi connectivity index (χ0n) is 10.1. The zero-order chi connectivity index (χ0) is 12.3. The Morgan fingerprint density at radius 2 is 2.24 bits per heavy atom. The van der Waals surface area contributed by atoms with E-state index < -0.39 is 0 Å². The normalized spacial score (nSPS) is 12.9. The summed E-state index contributed by atoms with van der Waals surface area (Å²) >= 11 is 1.68. The number of furan rings is 1. The number of nitrogens with one attached hydrogen (secondary N) is 1. The van der Waals surface area contributed by atoms with E-state index in [1.807, 2.05) is 19.1 Å². The Hall–Kier alpha value is -1.17. The summed E-state index contributed by atoms with van der Waals surface area (Å²) in [7, 11) is 0. The van der Waals surface area contributed by atoms with Gasteiger partial charge in [0.25, 0.3) is 0 Å². The van der Waals surface area contributed by atoms with Gasteiger partial charge < -0.3 is 15.5 Å². The van der Waals surface area contributed by atoms with E-state index in [1.165, 1.54) is 0 Å². The van der Waals surface area contributed by atoms with Crippen molar-refractivity contribution in [3.63, 3.8) is 0 Å². The first kappa shape index (κ1) is 12.3. The first-order chi connectivity index (χ1) is 8.19. The van der Waals surface area contributed by atoms with Crippen LogP contribution in [0.1, 0.15) is 35.2 Å². The molecule has 0 aromatic carbocycles. The van der Waals surface area contributed by atoms with Crippen LogP contribution in [0, 0.1) is 6.92 Å². The third kappa shape index (κ3) is 3.15. The van der Waals surface area contributed by atoms with Gasteiger partial charge in [0.1, 0.15) is 16.5 Å². The van der Waals surface area contributed by atoms with Gasteiger partial charge in [-0.2, -0.15) is 0 Å². The molecule has 2 aromatic heterocycles. The Labute approximate surface area is 105 Å².